The van der Waals surface area contributed by atoms with Crippen LogP contribution in [0, 0.1) is 0 Å². The normalized spacial score (nSPS) is 11.2. The highest BCUT2D eigenvalue weighted by Gasteiger charge is 2.15. The maximum absolute atomic E-state index is 11.6. The zero-order valence-corrected chi connectivity index (χ0v) is 17.4. The van der Waals surface area contributed by atoms with E-state index in [9.17, 15) is 4.79 Å². The number of unbranched alkanes of at least 4 members (excludes halogenated alkanes) is 2. The van der Waals surface area contributed by atoms with Gasteiger partial charge in [0, 0.05) is 11.0 Å². The number of amides is 1. The number of alkyl carbamates (subject to hydrolysis) is 1. The predicted molar refractivity (Wildman–Crippen MR) is 105 cm³/mol. The van der Waals surface area contributed by atoms with Crippen molar-refractivity contribution >= 4 is 22.0 Å². The third-order valence-corrected chi connectivity index (χ3v) is 3.71. The maximum atomic E-state index is 11.6. The molecular formula is C19H31BrN2O3. The Bertz CT molecular complexity index is 530. The lowest BCUT2D eigenvalue weighted by Gasteiger charge is -2.19. The number of carbonyl (C=O) groups excluding carboxylic acids is 1. The van der Waals surface area contributed by atoms with E-state index in [1.807, 2.05) is 32.9 Å². The molecule has 0 saturated heterocycles. The second-order valence-electron chi connectivity index (χ2n) is 6.96. The molecule has 0 unspecified atom stereocenters. The fraction of sp³-hybridized carbons (Fsp3) is 0.632. The molecule has 6 heteroatoms. The van der Waals surface area contributed by atoms with Crippen molar-refractivity contribution in [3.63, 3.8) is 0 Å². The Morgan fingerprint density at radius 3 is 2.60 bits per heavy atom. The summed E-state index contributed by atoms with van der Waals surface area (Å²) in [4.78, 5) is 11.6. The number of hydrogen-bond donors (Lipinski definition) is 2. The van der Waals surface area contributed by atoms with Crippen LogP contribution in [0.2, 0.25) is 0 Å². The van der Waals surface area contributed by atoms with Crippen molar-refractivity contribution in [3.05, 3.63) is 28.2 Å². The lowest BCUT2D eigenvalue weighted by molar-refractivity contribution is 0.0520. The topological polar surface area (TPSA) is 59.6 Å². The van der Waals surface area contributed by atoms with Gasteiger partial charge in [0.05, 0.1) is 6.54 Å². The van der Waals surface area contributed by atoms with Crippen molar-refractivity contribution in [1.29, 1.82) is 0 Å². The minimum Gasteiger partial charge on any atom is -0.492 e. The van der Waals surface area contributed by atoms with Gasteiger partial charge in [0.2, 0.25) is 0 Å². The van der Waals surface area contributed by atoms with Gasteiger partial charge in [-0.1, -0.05) is 35.7 Å². The molecule has 0 aliphatic rings. The second-order valence-corrected chi connectivity index (χ2v) is 7.87. The van der Waals surface area contributed by atoms with Gasteiger partial charge < -0.3 is 20.1 Å². The third kappa shape index (κ3) is 11.1. The summed E-state index contributed by atoms with van der Waals surface area (Å²) in [5, 5.41) is 6.13. The average Bonchev–Trinajstić information content (AvgIpc) is 2.49. The van der Waals surface area contributed by atoms with Gasteiger partial charge in [-0.05, 0) is 57.5 Å². The summed E-state index contributed by atoms with van der Waals surface area (Å²) in [5.74, 6) is 0.783. The Morgan fingerprint density at radius 2 is 1.92 bits per heavy atom. The Morgan fingerprint density at radius 1 is 1.16 bits per heavy atom. The molecule has 1 rings (SSSR count). The van der Waals surface area contributed by atoms with Gasteiger partial charge in [-0.3, -0.25) is 0 Å². The fourth-order valence-corrected chi connectivity index (χ4v) is 2.69. The molecule has 1 amide bonds. The van der Waals surface area contributed by atoms with Crippen LogP contribution in [0.1, 0.15) is 52.5 Å². The van der Waals surface area contributed by atoms with Crippen LogP contribution in [0.15, 0.2) is 22.7 Å². The standard InChI is InChI=1S/C19H31BrN2O3/c1-5-6-7-8-21-14-15-11-16(20)13-17(12-15)24-10-9-22-18(23)25-19(2,3)4/h11-13,21H,5-10,14H2,1-4H3,(H,22,23). The Kier molecular flexibility index (Phi) is 9.90. The molecule has 0 spiro atoms. The molecule has 0 aromatic heterocycles. The van der Waals surface area contributed by atoms with E-state index in [0.29, 0.717) is 13.2 Å². The lowest BCUT2D eigenvalue weighted by atomic mass is 10.2. The highest BCUT2D eigenvalue weighted by molar-refractivity contribution is 9.10. The first-order valence-corrected chi connectivity index (χ1v) is 9.69. The molecule has 0 fully saturated rings. The molecule has 0 bridgehead atoms. The van der Waals surface area contributed by atoms with E-state index in [-0.39, 0.29) is 0 Å². The summed E-state index contributed by atoms with van der Waals surface area (Å²) in [7, 11) is 0. The fourth-order valence-electron chi connectivity index (χ4n) is 2.18. The molecule has 142 valence electrons. The highest BCUT2D eigenvalue weighted by Crippen LogP contribution is 2.21. The number of benzene rings is 1. The summed E-state index contributed by atoms with van der Waals surface area (Å²) < 4.78 is 11.9. The van der Waals surface area contributed by atoms with Gasteiger partial charge >= 0.3 is 6.09 Å². The van der Waals surface area contributed by atoms with E-state index in [4.69, 9.17) is 9.47 Å². The number of nitrogens with one attached hydrogen (secondary N) is 2. The molecule has 0 saturated carbocycles. The second kappa shape index (κ2) is 11.4. The average molecular weight is 415 g/mol. The first kappa shape index (κ1) is 21.8. The maximum Gasteiger partial charge on any atom is 0.407 e. The summed E-state index contributed by atoms with van der Waals surface area (Å²) in [6.07, 6.45) is 3.25. The number of rotatable bonds is 10. The summed E-state index contributed by atoms with van der Waals surface area (Å²) >= 11 is 3.51. The predicted octanol–water partition coefficient (Wildman–Crippen LogP) is 4.63. The molecule has 5 nitrogen and oxygen atoms in total. The van der Waals surface area contributed by atoms with Gasteiger partial charge in [0.15, 0.2) is 0 Å². The van der Waals surface area contributed by atoms with Crippen molar-refractivity contribution in [2.75, 3.05) is 19.7 Å². The third-order valence-electron chi connectivity index (χ3n) is 3.26. The highest BCUT2D eigenvalue weighted by atomic mass is 79.9. The number of ether oxygens (including phenoxy) is 2. The van der Waals surface area contributed by atoms with E-state index in [1.165, 1.54) is 24.8 Å². The van der Waals surface area contributed by atoms with Crippen LogP contribution in [-0.4, -0.2) is 31.4 Å². The molecule has 0 atom stereocenters. The van der Waals surface area contributed by atoms with E-state index in [2.05, 4.69) is 39.6 Å². The number of halogens is 1. The zero-order valence-electron chi connectivity index (χ0n) is 15.8. The van der Waals surface area contributed by atoms with Gasteiger partial charge in [-0.15, -0.1) is 0 Å². The molecule has 1 aromatic rings. The molecule has 0 aliphatic carbocycles. The first-order valence-electron chi connectivity index (χ1n) is 8.90. The van der Waals surface area contributed by atoms with Crippen LogP contribution in [-0.2, 0) is 11.3 Å². The van der Waals surface area contributed by atoms with Gasteiger partial charge in [-0.25, -0.2) is 4.79 Å². The summed E-state index contributed by atoms with van der Waals surface area (Å²) in [5.41, 5.74) is 0.676. The monoisotopic (exact) mass is 414 g/mol. The Hall–Kier alpha value is -1.27. The van der Waals surface area contributed by atoms with E-state index in [1.54, 1.807) is 0 Å². The smallest absolute Gasteiger partial charge is 0.407 e. The minimum atomic E-state index is -0.492. The SMILES string of the molecule is CCCCCNCc1cc(Br)cc(OCCNC(=O)OC(C)(C)C)c1. The van der Waals surface area contributed by atoms with Crippen molar-refractivity contribution in [2.24, 2.45) is 0 Å². The number of carbonyl (C=O) groups is 1. The van der Waals surface area contributed by atoms with Crippen LogP contribution >= 0.6 is 15.9 Å². The van der Waals surface area contributed by atoms with Crippen LogP contribution in [0.25, 0.3) is 0 Å². The first-order chi connectivity index (χ1) is 11.8. The minimum absolute atomic E-state index is 0.388. The Labute approximate surface area is 160 Å². The quantitative estimate of drug-likeness (QED) is 0.547. The van der Waals surface area contributed by atoms with Crippen molar-refractivity contribution < 1.29 is 14.3 Å². The molecule has 0 heterocycles. The van der Waals surface area contributed by atoms with Gasteiger partial charge in [-0.2, -0.15) is 0 Å². The van der Waals surface area contributed by atoms with E-state index >= 15 is 0 Å². The van der Waals surface area contributed by atoms with Crippen molar-refractivity contribution in [3.8, 4) is 5.75 Å². The van der Waals surface area contributed by atoms with Gasteiger partial charge in [0.1, 0.15) is 18.0 Å². The molecule has 25 heavy (non-hydrogen) atoms. The van der Waals surface area contributed by atoms with Crippen molar-refractivity contribution in [2.45, 2.75) is 59.1 Å². The van der Waals surface area contributed by atoms with Crippen molar-refractivity contribution in [1.82, 2.24) is 10.6 Å². The molecule has 1 aromatic carbocycles. The molecule has 0 radical (unpaired) electrons. The van der Waals surface area contributed by atoms with Crippen LogP contribution < -0.4 is 15.4 Å². The molecule has 0 aliphatic heterocycles. The van der Waals surface area contributed by atoms with E-state index < -0.39 is 11.7 Å². The number of hydrogen-bond acceptors (Lipinski definition) is 4. The van der Waals surface area contributed by atoms with E-state index in [0.717, 1.165) is 23.3 Å². The van der Waals surface area contributed by atoms with Crippen LogP contribution in [0.4, 0.5) is 4.79 Å². The zero-order chi connectivity index (χ0) is 18.7. The Balaban J connectivity index is 2.34. The van der Waals surface area contributed by atoms with Gasteiger partial charge in [0.25, 0.3) is 0 Å². The molecule has 2 N–H and O–H groups in total. The molecular weight excluding hydrogens is 384 g/mol. The van der Waals surface area contributed by atoms with Crippen LogP contribution in [0.3, 0.4) is 0 Å². The summed E-state index contributed by atoms with van der Waals surface area (Å²) in [6, 6.07) is 6.03. The van der Waals surface area contributed by atoms with Crippen LogP contribution in [0.5, 0.6) is 5.75 Å². The lowest BCUT2D eigenvalue weighted by Crippen LogP contribution is -2.34. The largest absolute Gasteiger partial charge is 0.492 e. The summed E-state index contributed by atoms with van der Waals surface area (Å²) in [6.45, 7) is 10.3.